The Hall–Kier alpha value is -1.80. The van der Waals surface area contributed by atoms with Crippen molar-refractivity contribution >= 4 is 34.5 Å². The van der Waals surface area contributed by atoms with Crippen molar-refractivity contribution in [2.24, 2.45) is 0 Å². The van der Waals surface area contributed by atoms with Gasteiger partial charge < -0.3 is 14.8 Å². The number of hydrogen-bond acceptors (Lipinski definition) is 6. The Morgan fingerprint density at radius 1 is 1.14 bits per heavy atom. The molecule has 1 unspecified atom stereocenters. The number of carbonyl (C=O) groups is 1. The number of amides is 1. The van der Waals surface area contributed by atoms with Crippen molar-refractivity contribution in [3.63, 3.8) is 0 Å². The summed E-state index contributed by atoms with van der Waals surface area (Å²) >= 11 is 7.64. The molecule has 1 atom stereocenters. The van der Waals surface area contributed by atoms with E-state index in [1.54, 1.807) is 43.8 Å². The Balaban J connectivity index is 1.53. The van der Waals surface area contributed by atoms with Crippen LogP contribution in [0.25, 0.3) is 0 Å². The first-order valence-electron chi connectivity index (χ1n) is 9.23. The zero-order valence-electron chi connectivity index (χ0n) is 16.4. The fourth-order valence-corrected chi connectivity index (χ4v) is 4.39. The predicted molar refractivity (Wildman–Crippen MR) is 114 cm³/mol. The number of benzene rings is 1. The third-order valence-corrected chi connectivity index (χ3v) is 6.18. The maximum absolute atomic E-state index is 12.7. The maximum atomic E-state index is 12.7. The molecule has 0 aliphatic carbocycles. The standard InChI is InChI=1S/C20H26ClN3O3S/c1-14(20(25)22-15-10-16(26-2)12-17(11-15)27-3)24-8-6-23(7-9-24)13-18-4-5-19(21)28-18/h4-5,10-12,14H,6-9,13H2,1-3H3,(H,22,25). The molecule has 1 N–H and O–H groups in total. The van der Waals surface area contributed by atoms with E-state index in [9.17, 15) is 4.79 Å². The minimum Gasteiger partial charge on any atom is -0.497 e. The molecule has 1 aromatic heterocycles. The minimum atomic E-state index is -0.212. The molecule has 2 aromatic rings. The second kappa shape index (κ2) is 9.60. The van der Waals surface area contributed by atoms with E-state index in [1.165, 1.54) is 4.88 Å². The van der Waals surface area contributed by atoms with Gasteiger partial charge in [0, 0.05) is 61.5 Å². The van der Waals surface area contributed by atoms with Crippen molar-refractivity contribution < 1.29 is 14.3 Å². The molecular weight excluding hydrogens is 398 g/mol. The normalized spacial score (nSPS) is 16.6. The summed E-state index contributed by atoms with van der Waals surface area (Å²) in [6.45, 7) is 6.43. The van der Waals surface area contributed by atoms with Gasteiger partial charge in [-0.2, -0.15) is 0 Å². The first-order chi connectivity index (χ1) is 13.5. The van der Waals surface area contributed by atoms with Crippen molar-refractivity contribution in [1.82, 2.24) is 9.80 Å². The van der Waals surface area contributed by atoms with Gasteiger partial charge in [-0.3, -0.25) is 14.6 Å². The number of halogens is 1. The Morgan fingerprint density at radius 2 is 1.79 bits per heavy atom. The van der Waals surface area contributed by atoms with Gasteiger partial charge in [0.05, 0.1) is 24.6 Å². The largest absolute Gasteiger partial charge is 0.497 e. The summed E-state index contributed by atoms with van der Waals surface area (Å²) in [7, 11) is 3.18. The molecule has 1 aliphatic heterocycles. The molecule has 1 aliphatic rings. The highest BCUT2D eigenvalue weighted by molar-refractivity contribution is 7.16. The smallest absolute Gasteiger partial charge is 0.241 e. The van der Waals surface area contributed by atoms with E-state index in [0.29, 0.717) is 17.2 Å². The van der Waals surface area contributed by atoms with Crippen LogP contribution in [0, 0.1) is 0 Å². The van der Waals surface area contributed by atoms with E-state index >= 15 is 0 Å². The molecule has 0 spiro atoms. The van der Waals surface area contributed by atoms with Gasteiger partial charge in [0.1, 0.15) is 11.5 Å². The van der Waals surface area contributed by atoms with E-state index in [0.717, 1.165) is 37.1 Å². The maximum Gasteiger partial charge on any atom is 0.241 e. The Bertz CT molecular complexity index is 783. The number of rotatable bonds is 7. The van der Waals surface area contributed by atoms with Crippen LogP contribution < -0.4 is 14.8 Å². The van der Waals surface area contributed by atoms with E-state index in [1.807, 2.05) is 13.0 Å². The topological polar surface area (TPSA) is 54.0 Å². The molecule has 8 heteroatoms. The first-order valence-corrected chi connectivity index (χ1v) is 10.4. The molecule has 3 rings (SSSR count). The van der Waals surface area contributed by atoms with Gasteiger partial charge in [0.15, 0.2) is 0 Å². The number of anilines is 1. The van der Waals surface area contributed by atoms with Crippen molar-refractivity contribution in [2.75, 3.05) is 45.7 Å². The summed E-state index contributed by atoms with van der Waals surface area (Å²) in [6.07, 6.45) is 0. The molecule has 0 radical (unpaired) electrons. The van der Waals surface area contributed by atoms with Crippen molar-refractivity contribution in [1.29, 1.82) is 0 Å². The second-order valence-electron chi connectivity index (χ2n) is 6.78. The predicted octanol–water partition coefficient (Wildman–Crippen LogP) is 3.56. The third kappa shape index (κ3) is 5.38. The minimum absolute atomic E-state index is 0.0335. The van der Waals surface area contributed by atoms with Gasteiger partial charge >= 0.3 is 0 Å². The molecule has 152 valence electrons. The highest BCUT2D eigenvalue weighted by atomic mass is 35.5. The van der Waals surface area contributed by atoms with Gasteiger partial charge in [-0.15, -0.1) is 11.3 Å². The van der Waals surface area contributed by atoms with Crippen molar-refractivity contribution in [3.05, 3.63) is 39.5 Å². The van der Waals surface area contributed by atoms with Crippen LogP contribution in [0.15, 0.2) is 30.3 Å². The summed E-state index contributed by atoms with van der Waals surface area (Å²) in [4.78, 5) is 18.6. The number of nitrogens with one attached hydrogen (secondary N) is 1. The summed E-state index contributed by atoms with van der Waals surface area (Å²) in [5.74, 6) is 1.25. The lowest BCUT2D eigenvalue weighted by Crippen LogP contribution is -2.52. The number of piperazine rings is 1. The van der Waals surface area contributed by atoms with Gasteiger partial charge in [0.2, 0.25) is 5.91 Å². The van der Waals surface area contributed by atoms with E-state index in [-0.39, 0.29) is 11.9 Å². The molecule has 0 bridgehead atoms. The van der Waals surface area contributed by atoms with Gasteiger partial charge in [0.25, 0.3) is 0 Å². The lowest BCUT2D eigenvalue weighted by atomic mass is 10.2. The van der Waals surface area contributed by atoms with Crippen LogP contribution in [-0.4, -0.2) is 62.1 Å². The Labute approximate surface area is 175 Å². The molecule has 1 amide bonds. The Kier molecular flexibility index (Phi) is 7.18. The quantitative estimate of drug-likeness (QED) is 0.737. The molecule has 6 nitrogen and oxygen atoms in total. The SMILES string of the molecule is COc1cc(NC(=O)C(C)N2CCN(Cc3ccc(Cl)s3)CC2)cc(OC)c1. The van der Waals surface area contributed by atoms with E-state index in [4.69, 9.17) is 21.1 Å². The summed E-state index contributed by atoms with van der Waals surface area (Å²) in [6, 6.07) is 9.17. The zero-order valence-corrected chi connectivity index (χ0v) is 18.0. The molecule has 1 fully saturated rings. The van der Waals surface area contributed by atoms with Crippen LogP contribution in [0.1, 0.15) is 11.8 Å². The highest BCUT2D eigenvalue weighted by Crippen LogP contribution is 2.26. The molecular formula is C20H26ClN3O3S. The molecule has 0 saturated carbocycles. The van der Waals surface area contributed by atoms with Gasteiger partial charge in [-0.1, -0.05) is 11.6 Å². The van der Waals surface area contributed by atoms with Crippen LogP contribution >= 0.6 is 22.9 Å². The molecule has 1 aromatic carbocycles. The third-order valence-electron chi connectivity index (χ3n) is 4.96. The average Bonchev–Trinajstić information content (AvgIpc) is 3.12. The molecule has 1 saturated heterocycles. The number of methoxy groups -OCH3 is 2. The monoisotopic (exact) mass is 423 g/mol. The number of thiophene rings is 1. The van der Waals surface area contributed by atoms with Gasteiger partial charge in [-0.05, 0) is 19.1 Å². The zero-order chi connectivity index (χ0) is 20.1. The summed E-state index contributed by atoms with van der Waals surface area (Å²) < 4.78 is 11.4. The molecule has 2 heterocycles. The van der Waals surface area contributed by atoms with Crippen LogP contribution in [0.2, 0.25) is 4.34 Å². The van der Waals surface area contributed by atoms with E-state index < -0.39 is 0 Å². The lowest BCUT2D eigenvalue weighted by molar-refractivity contribution is -0.121. The number of ether oxygens (including phenoxy) is 2. The van der Waals surface area contributed by atoms with Crippen LogP contribution in [-0.2, 0) is 11.3 Å². The summed E-state index contributed by atoms with van der Waals surface area (Å²) in [5, 5.41) is 2.98. The Morgan fingerprint density at radius 3 is 2.32 bits per heavy atom. The van der Waals surface area contributed by atoms with Crippen LogP contribution in [0.3, 0.4) is 0 Å². The van der Waals surface area contributed by atoms with Crippen LogP contribution in [0.4, 0.5) is 5.69 Å². The number of nitrogens with zero attached hydrogens (tertiary/aromatic N) is 2. The molecule has 28 heavy (non-hydrogen) atoms. The highest BCUT2D eigenvalue weighted by Gasteiger charge is 2.26. The van der Waals surface area contributed by atoms with Crippen molar-refractivity contribution in [3.8, 4) is 11.5 Å². The average molecular weight is 424 g/mol. The van der Waals surface area contributed by atoms with Gasteiger partial charge in [-0.25, -0.2) is 0 Å². The van der Waals surface area contributed by atoms with E-state index in [2.05, 4.69) is 21.2 Å². The van der Waals surface area contributed by atoms with Crippen LogP contribution in [0.5, 0.6) is 11.5 Å². The van der Waals surface area contributed by atoms with Crippen molar-refractivity contribution in [2.45, 2.75) is 19.5 Å². The first kappa shape index (κ1) is 20.9. The summed E-state index contributed by atoms with van der Waals surface area (Å²) in [5.41, 5.74) is 0.668. The fourth-order valence-electron chi connectivity index (χ4n) is 3.26. The number of carbonyl (C=O) groups excluding carboxylic acids is 1. The fraction of sp³-hybridized carbons (Fsp3) is 0.450. The number of hydrogen-bond donors (Lipinski definition) is 1. The second-order valence-corrected chi connectivity index (χ2v) is 8.58. The lowest BCUT2D eigenvalue weighted by Gasteiger charge is -2.37.